The number of anilines is 1. The Labute approximate surface area is 208 Å². The number of carbonyl (C=O) groups excluding carboxylic acids is 2. The first-order chi connectivity index (χ1) is 17.3. The van der Waals surface area contributed by atoms with Gasteiger partial charge in [-0.1, -0.05) is 12.2 Å². The van der Waals surface area contributed by atoms with Gasteiger partial charge in [0.1, 0.15) is 0 Å². The van der Waals surface area contributed by atoms with E-state index >= 15 is 0 Å². The normalized spacial score (nSPS) is 23.1. The average molecular weight is 502 g/mol. The molecule has 36 heavy (non-hydrogen) atoms. The topological polar surface area (TPSA) is 164 Å². The monoisotopic (exact) mass is 501 g/mol. The van der Waals surface area contributed by atoms with Gasteiger partial charge in [-0.2, -0.15) is 0 Å². The first-order valence-corrected chi connectivity index (χ1v) is 11.8. The molecule has 1 aromatic heterocycles. The maximum absolute atomic E-state index is 12.6. The molecule has 12 heteroatoms. The number of amides is 2. The maximum Gasteiger partial charge on any atom is 0.328 e. The second-order valence-corrected chi connectivity index (χ2v) is 8.80. The molecule has 0 radical (unpaired) electrons. The molecule has 1 aromatic rings. The van der Waals surface area contributed by atoms with E-state index in [1.165, 1.54) is 4.90 Å². The van der Waals surface area contributed by atoms with E-state index in [1.807, 2.05) is 12.2 Å². The molecule has 0 aromatic carbocycles. The van der Waals surface area contributed by atoms with E-state index in [-0.39, 0.29) is 30.2 Å². The summed E-state index contributed by atoms with van der Waals surface area (Å²) in [5.74, 6) is -2.50. The minimum absolute atomic E-state index is 0.0900. The van der Waals surface area contributed by atoms with E-state index < -0.39 is 18.0 Å². The number of carboxylic acids is 2. The fraction of sp³-hybridized carbons (Fsp3) is 0.500. The summed E-state index contributed by atoms with van der Waals surface area (Å²) in [5, 5.41) is 26.2. The summed E-state index contributed by atoms with van der Waals surface area (Å²) in [4.78, 5) is 58.5. The third-order valence-electron chi connectivity index (χ3n) is 6.25. The van der Waals surface area contributed by atoms with Crippen LogP contribution in [0.4, 0.5) is 5.95 Å². The number of fused-ring (bicyclic) bond motifs is 1. The highest BCUT2D eigenvalue weighted by atomic mass is 16.4. The number of hydrogen-bond donors (Lipinski definition) is 3. The first-order valence-electron chi connectivity index (χ1n) is 11.8. The highest BCUT2D eigenvalue weighted by Gasteiger charge is 2.47. The van der Waals surface area contributed by atoms with Crippen LogP contribution in [0.15, 0.2) is 42.8 Å². The van der Waals surface area contributed by atoms with Crippen molar-refractivity contribution >= 4 is 29.7 Å². The number of aliphatic hydroxyl groups is 1. The van der Waals surface area contributed by atoms with Crippen LogP contribution >= 0.6 is 0 Å². The number of imide groups is 1. The number of aliphatic hydroxyl groups excluding tert-OH is 1. The van der Waals surface area contributed by atoms with Crippen molar-refractivity contribution in [2.24, 2.45) is 11.8 Å². The van der Waals surface area contributed by atoms with Gasteiger partial charge >= 0.3 is 11.9 Å². The standard InChI is InChI=1S/C20H27N5O3.C4H4O4/c26-15(14-25-18(27)16-5-1-2-6-17(16)19(25)28)13-23-9-4-10-24(12-11-23)20-21-7-3-8-22-20;5-3(6)1-2-4(7)8/h1-3,7-8,15-17,26H,4-6,9-14H2;1-2H,(H,5,6)(H,7,8)/b;2-1-/t15?,16-,17+;. The van der Waals surface area contributed by atoms with Crippen LogP contribution in [0, 0.1) is 11.8 Å². The van der Waals surface area contributed by atoms with Crippen molar-refractivity contribution in [1.82, 2.24) is 19.8 Å². The van der Waals surface area contributed by atoms with Gasteiger partial charge in [-0.3, -0.25) is 19.4 Å². The summed E-state index contributed by atoms with van der Waals surface area (Å²) in [6.07, 6.45) is 10.0. The second kappa shape index (κ2) is 12.9. The molecule has 12 nitrogen and oxygen atoms in total. The molecule has 1 aliphatic carbocycles. The van der Waals surface area contributed by atoms with Crippen molar-refractivity contribution < 1.29 is 34.5 Å². The van der Waals surface area contributed by atoms with E-state index in [0.29, 0.717) is 31.5 Å². The van der Waals surface area contributed by atoms with Gasteiger partial charge in [-0.15, -0.1) is 0 Å². The van der Waals surface area contributed by atoms with Gasteiger partial charge in [0.05, 0.1) is 24.5 Å². The van der Waals surface area contributed by atoms with Crippen LogP contribution in [0.3, 0.4) is 0 Å². The van der Waals surface area contributed by atoms with Crippen LogP contribution in [0.1, 0.15) is 19.3 Å². The lowest BCUT2D eigenvalue weighted by Crippen LogP contribution is -2.44. The molecule has 3 N–H and O–H groups in total. The molecule has 3 heterocycles. The Morgan fingerprint density at radius 3 is 2.06 bits per heavy atom. The number of likely N-dealkylation sites (tertiary alicyclic amines) is 1. The lowest BCUT2D eigenvalue weighted by atomic mass is 9.85. The molecular formula is C24H31N5O7. The van der Waals surface area contributed by atoms with E-state index in [2.05, 4.69) is 19.8 Å². The van der Waals surface area contributed by atoms with Gasteiger partial charge in [0.2, 0.25) is 17.8 Å². The molecule has 3 aliphatic rings. The zero-order valence-electron chi connectivity index (χ0n) is 19.8. The second-order valence-electron chi connectivity index (χ2n) is 8.80. The fourth-order valence-electron chi connectivity index (χ4n) is 4.57. The highest BCUT2D eigenvalue weighted by Crippen LogP contribution is 2.35. The van der Waals surface area contributed by atoms with Gasteiger partial charge in [-0.25, -0.2) is 19.6 Å². The van der Waals surface area contributed by atoms with Crippen molar-refractivity contribution in [2.45, 2.75) is 25.4 Å². The molecule has 194 valence electrons. The van der Waals surface area contributed by atoms with E-state index in [4.69, 9.17) is 10.2 Å². The van der Waals surface area contributed by atoms with Gasteiger partial charge < -0.3 is 20.2 Å². The predicted molar refractivity (Wildman–Crippen MR) is 128 cm³/mol. The molecule has 3 atom stereocenters. The van der Waals surface area contributed by atoms with Crippen LogP contribution in [0.25, 0.3) is 0 Å². The minimum atomic E-state index is -1.26. The summed E-state index contributed by atoms with van der Waals surface area (Å²) < 4.78 is 0. The largest absolute Gasteiger partial charge is 0.478 e. The van der Waals surface area contributed by atoms with Crippen LogP contribution in [0.2, 0.25) is 0 Å². The number of carboxylic acid groups (broad SMARTS) is 2. The van der Waals surface area contributed by atoms with Crippen molar-refractivity contribution in [3.63, 3.8) is 0 Å². The first kappa shape index (κ1) is 27.0. The Morgan fingerprint density at radius 2 is 1.50 bits per heavy atom. The van der Waals surface area contributed by atoms with Gasteiger partial charge in [0.25, 0.3) is 0 Å². The number of carbonyl (C=O) groups is 4. The Bertz CT molecular complexity index is 958. The zero-order valence-corrected chi connectivity index (χ0v) is 19.8. The molecular weight excluding hydrogens is 470 g/mol. The molecule has 0 saturated carbocycles. The van der Waals surface area contributed by atoms with Crippen molar-refractivity contribution in [3.8, 4) is 0 Å². The van der Waals surface area contributed by atoms with Crippen LogP contribution in [-0.2, 0) is 19.2 Å². The minimum Gasteiger partial charge on any atom is -0.478 e. The lowest BCUT2D eigenvalue weighted by Gasteiger charge is -2.26. The van der Waals surface area contributed by atoms with Crippen molar-refractivity contribution in [1.29, 1.82) is 0 Å². The van der Waals surface area contributed by atoms with E-state index in [9.17, 15) is 24.3 Å². The van der Waals surface area contributed by atoms with Gasteiger partial charge in [-0.05, 0) is 31.9 Å². The van der Waals surface area contributed by atoms with Gasteiger partial charge in [0.15, 0.2) is 0 Å². The fourth-order valence-corrected chi connectivity index (χ4v) is 4.57. The molecule has 2 aliphatic heterocycles. The summed E-state index contributed by atoms with van der Waals surface area (Å²) >= 11 is 0. The summed E-state index contributed by atoms with van der Waals surface area (Å²) in [6, 6.07) is 1.80. The summed E-state index contributed by atoms with van der Waals surface area (Å²) in [7, 11) is 0. The molecule has 0 spiro atoms. The summed E-state index contributed by atoms with van der Waals surface area (Å²) in [6.45, 7) is 3.84. The Kier molecular flexibility index (Phi) is 9.65. The molecule has 2 fully saturated rings. The lowest BCUT2D eigenvalue weighted by molar-refractivity contribution is -0.141. The third-order valence-corrected chi connectivity index (χ3v) is 6.25. The Balaban J connectivity index is 0.000000392. The number of β-amino-alcohol motifs (C(OH)–C–C–N with tert-alkyl or cyclic N) is 1. The third kappa shape index (κ3) is 7.43. The zero-order chi connectivity index (χ0) is 26.1. The Morgan fingerprint density at radius 1 is 0.917 bits per heavy atom. The van der Waals surface area contributed by atoms with Crippen LogP contribution in [0.5, 0.6) is 0 Å². The average Bonchev–Trinajstić information content (AvgIpc) is 3.01. The maximum atomic E-state index is 12.6. The smallest absolute Gasteiger partial charge is 0.328 e. The van der Waals surface area contributed by atoms with Crippen LogP contribution < -0.4 is 4.90 Å². The van der Waals surface area contributed by atoms with Crippen LogP contribution in [-0.4, -0.2) is 104 Å². The molecule has 2 amide bonds. The van der Waals surface area contributed by atoms with Gasteiger partial charge in [0, 0.05) is 50.7 Å². The highest BCUT2D eigenvalue weighted by molar-refractivity contribution is 6.05. The quantitative estimate of drug-likeness (QED) is 0.262. The van der Waals surface area contributed by atoms with Crippen molar-refractivity contribution in [2.75, 3.05) is 44.2 Å². The molecule has 0 bridgehead atoms. The number of nitrogens with zero attached hydrogens (tertiary/aromatic N) is 5. The molecule has 4 rings (SSSR count). The molecule has 2 saturated heterocycles. The summed E-state index contributed by atoms with van der Waals surface area (Å²) in [5.41, 5.74) is 0. The van der Waals surface area contributed by atoms with E-state index in [0.717, 1.165) is 38.5 Å². The predicted octanol–water partition coefficient (Wildman–Crippen LogP) is 0.0126. The number of aromatic nitrogens is 2. The number of aliphatic carboxylic acids is 2. The number of hydrogen-bond acceptors (Lipinski definition) is 9. The van der Waals surface area contributed by atoms with Crippen molar-refractivity contribution in [3.05, 3.63) is 42.8 Å². The number of rotatable bonds is 7. The SMILES string of the molecule is O=C(O)/C=C\C(=O)O.O=C1[C@H]2CC=CC[C@H]2C(=O)N1CC(O)CN1CCCN(c2ncccn2)CC1. The Hall–Kier alpha value is -3.64. The van der Waals surface area contributed by atoms with E-state index in [1.54, 1.807) is 18.5 Å². The number of allylic oxidation sites excluding steroid dienone is 2. The molecule has 1 unspecified atom stereocenters.